The highest BCUT2D eigenvalue weighted by Crippen LogP contribution is 2.43. The molecule has 0 spiro atoms. The number of alkyl halides is 1. The molecule has 6 heteroatoms. The zero-order chi connectivity index (χ0) is 20.0. The SMILES string of the molecule is COc1ccc(C2=CC(C3CC3)=NC3C(Br)C(c4ccccc4)NN23)cc1OC. The predicted octanol–water partition coefficient (Wildman–Crippen LogP) is 4.56. The van der Waals surface area contributed by atoms with Crippen molar-refractivity contribution < 1.29 is 9.47 Å². The van der Waals surface area contributed by atoms with Crippen molar-refractivity contribution in [2.45, 2.75) is 29.9 Å². The van der Waals surface area contributed by atoms with Crippen molar-refractivity contribution in [3.05, 3.63) is 65.7 Å². The summed E-state index contributed by atoms with van der Waals surface area (Å²) in [7, 11) is 3.33. The summed E-state index contributed by atoms with van der Waals surface area (Å²) in [4.78, 5) is 5.28. The summed E-state index contributed by atoms with van der Waals surface area (Å²) in [6.07, 6.45) is 4.69. The third-order valence-electron chi connectivity index (χ3n) is 5.81. The molecule has 5 nitrogen and oxygen atoms in total. The molecular weight excluding hydrogens is 430 g/mol. The molecule has 0 aromatic heterocycles. The standard InChI is InChI=1S/C23H24BrN3O2/c1-28-19-11-10-16(12-20(19)29-2)18-13-17(14-8-9-14)25-23-21(24)22(26-27(18)23)15-6-4-3-5-7-15/h3-7,10-14,21-23,26H,8-9H2,1-2H3. The monoisotopic (exact) mass is 453 g/mol. The number of benzene rings is 2. The van der Waals surface area contributed by atoms with Crippen LogP contribution in [0.5, 0.6) is 11.5 Å². The minimum atomic E-state index is 0.00361. The molecule has 0 bridgehead atoms. The first-order valence-corrected chi connectivity index (χ1v) is 10.9. The molecule has 5 rings (SSSR count). The van der Waals surface area contributed by atoms with Gasteiger partial charge in [-0.1, -0.05) is 46.3 Å². The highest BCUT2D eigenvalue weighted by atomic mass is 79.9. The Hall–Kier alpha value is -2.31. The van der Waals surface area contributed by atoms with Crippen LogP contribution >= 0.6 is 15.9 Å². The lowest BCUT2D eigenvalue weighted by molar-refractivity contribution is 0.286. The molecule has 2 aromatic rings. The van der Waals surface area contributed by atoms with E-state index in [1.165, 1.54) is 24.1 Å². The lowest BCUT2D eigenvalue weighted by atomic mass is 10.0. The summed E-state index contributed by atoms with van der Waals surface area (Å²) >= 11 is 3.95. The van der Waals surface area contributed by atoms with Crippen LogP contribution in [0.3, 0.4) is 0 Å². The van der Waals surface area contributed by atoms with E-state index in [0.29, 0.717) is 5.92 Å². The van der Waals surface area contributed by atoms with Crippen LogP contribution in [0, 0.1) is 5.92 Å². The van der Waals surface area contributed by atoms with Gasteiger partial charge in [-0.15, -0.1) is 0 Å². The average molecular weight is 454 g/mol. The summed E-state index contributed by atoms with van der Waals surface area (Å²) < 4.78 is 11.0. The van der Waals surface area contributed by atoms with Gasteiger partial charge in [0.15, 0.2) is 11.5 Å². The van der Waals surface area contributed by atoms with Crippen molar-refractivity contribution in [1.82, 2.24) is 10.4 Å². The molecule has 3 aliphatic rings. The second-order valence-electron chi connectivity index (χ2n) is 7.67. The van der Waals surface area contributed by atoms with Crippen LogP contribution in [0.1, 0.15) is 30.0 Å². The Bertz CT molecular complexity index is 971. The summed E-state index contributed by atoms with van der Waals surface area (Å²) in [5.41, 5.74) is 8.35. The second kappa shape index (κ2) is 7.50. The lowest BCUT2D eigenvalue weighted by Gasteiger charge is -2.31. The Morgan fingerprint density at radius 2 is 1.79 bits per heavy atom. The molecule has 1 saturated carbocycles. The number of hydrogen-bond donors (Lipinski definition) is 1. The zero-order valence-electron chi connectivity index (χ0n) is 16.5. The van der Waals surface area contributed by atoms with Crippen LogP contribution in [-0.2, 0) is 0 Å². The summed E-state index contributed by atoms with van der Waals surface area (Å²) in [6, 6.07) is 16.8. The maximum atomic E-state index is 5.55. The Kier molecular flexibility index (Phi) is 4.84. The fourth-order valence-corrected chi connectivity index (χ4v) is 4.87. The molecule has 150 valence electrons. The number of nitrogens with one attached hydrogen (secondary N) is 1. The largest absolute Gasteiger partial charge is 0.493 e. The third kappa shape index (κ3) is 3.34. The molecule has 3 atom stereocenters. The topological polar surface area (TPSA) is 46.1 Å². The number of allylic oxidation sites excluding steroid dienone is 1. The fraction of sp³-hybridized carbons (Fsp3) is 0.348. The fourth-order valence-electron chi connectivity index (χ4n) is 4.09. The first kappa shape index (κ1) is 18.7. The van der Waals surface area contributed by atoms with E-state index in [9.17, 15) is 0 Å². The molecule has 29 heavy (non-hydrogen) atoms. The van der Waals surface area contributed by atoms with Gasteiger partial charge in [0.2, 0.25) is 0 Å². The van der Waals surface area contributed by atoms with Gasteiger partial charge in [-0.05, 0) is 42.7 Å². The van der Waals surface area contributed by atoms with E-state index in [1.54, 1.807) is 14.2 Å². The zero-order valence-corrected chi connectivity index (χ0v) is 18.1. The number of hydrazine groups is 1. The number of nitrogens with zero attached hydrogens (tertiary/aromatic N) is 2. The van der Waals surface area contributed by atoms with Gasteiger partial charge in [0, 0.05) is 17.2 Å². The molecule has 2 heterocycles. The van der Waals surface area contributed by atoms with Crippen LogP contribution in [0.25, 0.3) is 5.70 Å². The Morgan fingerprint density at radius 3 is 2.48 bits per heavy atom. The number of aliphatic imine (C=N–C) groups is 1. The van der Waals surface area contributed by atoms with Gasteiger partial charge in [0.25, 0.3) is 0 Å². The van der Waals surface area contributed by atoms with E-state index in [-0.39, 0.29) is 17.0 Å². The number of halogens is 1. The smallest absolute Gasteiger partial charge is 0.161 e. The number of rotatable bonds is 5. The normalized spacial score (nSPS) is 25.9. The highest BCUT2D eigenvalue weighted by molar-refractivity contribution is 9.09. The minimum absolute atomic E-state index is 0.00361. The Morgan fingerprint density at radius 1 is 1.03 bits per heavy atom. The van der Waals surface area contributed by atoms with Crippen molar-refractivity contribution in [2.24, 2.45) is 10.9 Å². The van der Waals surface area contributed by atoms with Crippen LogP contribution in [0.4, 0.5) is 0 Å². The molecular formula is C23H24BrN3O2. The Balaban J connectivity index is 1.55. The van der Waals surface area contributed by atoms with Crippen LogP contribution in [-0.4, -0.2) is 35.9 Å². The van der Waals surface area contributed by atoms with Gasteiger partial charge in [-0.3, -0.25) is 10.0 Å². The number of ether oxygens (including phenoxy) is 2. The van der Waals surface area contributed by atoms with Gasteiger partial charge >= 0.3 is 0 Å². The minimum Gasteiger partial charge on any atom is -0.493 e. The van der Waals surface area contributed by atoms with Crippen molar-refractivity contribution in [2.75, 3.05) is 14.2 Å². The van der Waals surface area contributed by atoms with E-state index in [4.69, 9.17) is 14.5 Å². The van der Waals surface area contributed by atoms with Crippen molar-refractivity contribution in [3.63, 3.8) is 0 Å². The van der Waals surface area contributed by atoms with E-state index >= 15 is 0 Å². The number of fused-ring (bicyclic) bond motifs is 1. The van der Waals surface area contributed by atoms with Crippen LogP contribution < -0.4 is 14.9 Å². The van der Waals surface area contributed by atoms with Gasteiger partial charge in [-0.25, -0.2) is 5.43 Å². The quantitative estimate of drug-likeness (QED) is 0.673. The second-order valence-corrected chi connectivity index (χ2v) is 8.73. The van der Waals surface area contributed by atoms with Crippen molar-refractivity contribution in [3.8, 4) is 11.5 Å². The molecule has 3 unspecified atom stereocenters. The predicted molar refractivity (Wildman–Crippen MR) is 118 cm³/mol. The van der Waals surface area contributed by atoms with Gasteiger partial charge < -0.3 is 9.47 Å². The van der Waals surface area contributed by atoms with E-state index in [0.717, 1.165) is 22.8 Å². The first-order valence-electron chi connectivity index (χ1n) is 9.96. The average Bonchev–Trinajstić information content (AvgIpc) is 3.57. The lowest BCUT2D eigenvalue weighted by Crippen LogP contribution is -2.39. The molecule has 1 aliphatic carbocycles. The summed E-state index contributed by atoms with van der Waals surface area (Å²) in [6.45, 7) is 0. The molecule has 0 amide bonds. The molecule has 2 aliphatic heterocycles. The van der Waals surface area contributed by atoms with E-state index in [1.807, 2.05) is 18.2 Å². The molecule has 2 fully saturated rings. The number of hydrogen-bond acceptors (Lipinski definition) is 5. The molecule has 1 N–H and O–H groups in total. The van der Waals surface area contributed by atoms with Crippen LogP contribution in [0.2, 0.25) is 0 Å². The van der Waals surface area contributed by atoms with Gasteiger partial charge in [0.1, 0.15) is 6.17 Å². The van der Waals surface area contributed by atoms with E-state index < -0.39 is 0 Å². The first-order chi connectivity index (χ1) is 14.2. The summed E-state index contributed by atoms with van der Waals surface area (Å²) in [5, 5.41) is 2.20. The van der Waals surface area contributed by atoms with Crippen molar-refractivity contribution in [1.29, 1.82) is 0 Å². The summed E-state index contributed by atoms with van der Waals surface area (Å²) in [5.74, 6) is 2.05. The maximum Gasteiger partial charge on any atom is 0.161 e. The third-order valence-corrected chi connectivity index (χ3v) is 6.81. The molecule has 1 saturated heterocycles. The van der Waals surface area contributed by atoms with Gasteiger partial charge in [0.05, 0.1) is 30.8 Å². The highest BCUT2D eigenvalue weighted by Gasteiger charge is 2.45. The van der Waals surface area contributed by atoms with E-state index in [2.05, 4.69) is 62.8 Å². The molecule has 0 radical (unpaired) electrons. The van der Waals surface area contributed by atoms with Crippen LogP contribution in [0.15, 0.2) is 59.6 Å². The van der Waals surface area contributed by atoms with Gasteiger partial charge in [-0.2, -0.15) is 0 Å². The number of methoxy groups -OCH3 is 2. The maximum absolute atomic E-state index is 5.55. The van der Waals surface area contributed by atoms with Crippen molar-refractivity contribution >= 4 is 27.3 Å². The molecule has 2 aromatic carbocycles. The Labute approximate surface area is 179 Å².